The summed E-state index contributed by atoms with van der Waals surface area (Å²) in [6, 6.07) is 10.3. The number of alkyl halides is 3. The summed E-state index contributed by atoms with van der Waals surface area (Å²) in [5, 5.41) is 3.41. The topological polar surface area (TPSA) is 89.0 Å². The lowest BCUT2D eigenvalue weighted by molar-refractivity contribution is -0.137. The molecule has 0 saturated carbocycles. The van der Waals surface area contributed by atoms with Crippen LogP contribution in [0.15, 0.2) is 59.9 Å². The van der Waals surface area contributed by atoms with E-state index in [0.29, 0.717) is 17.6 Å². The van der Waals surface area contributed by atoms with Gasteiger partial charge in [0.25, 0.3) is 5.91 Å². The average Bonchev–Trinajstić information content (AvgIpc) is 2.66. The number of carbonyl (C=O) groups is 1. The summed E-state index contributed by atoms with van der Waals surface area (Å²) in [5.41, 5.74) is -0.884. The second kappa shape index (κ2) is 7.55. The van der Waals surface area contributed by atoms with Crippen molar-refractivity contribution in [1.82, 2.24) is 15.3 Å². The monoisotopic (exact) mass is 409 g/mol. The summed E-state index contributed by atoms with van der Waals surface area (Å²) >= 11 is 0. The van der Waals surface area contributed by atoms with Gasteiger partial charge in [-0.15, -0.1) is 0 Å². The predicted octanol–water partition coefficient (Wildman–Crippen LogP) is 2.85. The highest BCUT2D eigenvalue weighted by Gasteiger charge is 2.31. The molecule has 2 heterocycles. The first-order valence-corrected chi connectivity index (χ1v) is 9.72. The molecule has 0 atom stereocenters. The van der Waals surface area contributed by atoms with E-state index in [0.717, 1.165) is 11.5 Å². The van der Waals surface area contributed by atoms with Crippen molar-refractivity contribution in [3.8, 4) is 0 Å². The van der Waals surface area contributed by atoms with E-state index in [1.165, 1.54) is 6.20 Å². The smallest absolute Gasteiger partial charge is 0.350 e. The molecule has 0 aliphatic heterocycles. The SMILES string of the molecule is O=C(NCCS(=O)(=O)c1ccc(C(F)(F)F)cn1)c1nccc2ccccc12. The largest absolute Gasteiger partial charge is 0.417 e. The van der Waals surface area contributed by atoms with Crippen molar-refractivity contribution < 1.29 is 26.4 Å². The van der Waals surface area contributed by atoms with Crippen LogP contribution in [0.1, 0.15) is 16.1 Å². The Kier molecular flexibility index (Phi) is 5.32. The van der Waals surface area contributed by atoms with Crippen LogP contribution in [-0.4, -0.2) is 36.6 Å². The first-order chi connectivity index (χ1) is 13.2. The number of hydrogen-bond acceptors (Lipinski definition) is 5. The quantitative estimate of drug-likeness (QED) is 0.700. The van der Waals surface area contributed by atoms with E-state index in [-0.39, 0.29) is 12.2 Å². The Bertz CT molecular complexity index is 1110. The Balaban J connectivity index is 1.67. The third kappa shape index (κ3) is 4.28. The molecule has 1 N–H and O–H groups in total. The van der Waals surface area contributed by atoms with Gasteiger partial charge in [-0.05, 0) is 23.6 Å². The highest BCUT2D eigenvalue weighted by Crippen LogP contribution is 2.28. The zero-order chi connectivity index (χ0) is 20.4. The van der Waals surface area contributed by atoms with E-state index < -0.39 is 38.3 Å². The first kappa shape index (κ1) is 19.7. The first-order valence-electron chi connectivity index (χ1n) is 8.06. The van der Waals surface area contributed by atoms with Crippen molar-refractivity contribution in [2.45, 2.75) is 11.2 Å². The molecule has 6 nitrogen and oxygen atoms in total. The Morgan fingerprint density at radius 3 is 2.46 bits per heavy atom. The van der Waals surface area contributed by atoms with Gasteiger partial charge >= 0.3 is 6.18 Å². The summed E-state index contributed by atoms with van der Waals surface area (Å²) in [4.78, 5) is 19.7. The number of aromatic nitrogens is 2. The predicted molar refractivity (Wildman–Crippen MR) is 95.4 cm³/mol. The van der Waals surface area contributed by atoms with Crippen LogP contribution in [0, 0.1) is 0 Å². The third-order valence-electron chi connectivity index (χ3n) is 3.93. The zero-order valence-electron chi connectivity index (χ0n) is 14.3. The number of sulfone groups is 1. The molecule has 3 rings (SSSR count). The number of amides is 1. The molecule has 0 fully saturated rings. The molecule has 146 valence electrons. The lowest BCUT2D eigenvalue weighted by Crippen LogP contribution is -2.30. The van der Waals surface area contributed by atoms with Crippen molar-refractivity contribution in [1.29, 1.82) is 0 Å². The van der Waals surface area contributed by atoms with Gasteiger partial charge in [-0.3, -0.25) is 9.78 Å². The minimum Gasteiger partial charge on any atom is -0.350 e. The fraction of sp³-hybridized carbons (Fsp3) is 0.167. The van der Waals surface area contributed by atoms with Crippen molar-refractivity contribution in [2.75, 3.05) is 12.3 Å². The number of hydrogen-bond donors (Lipinski definition) is 1. The highest BCUT2D eigenvalue weighted by molar-refractivity contribution is 7.91. The number of fused-ring (bicyclic) bond motifs is 1. The van der Waals surface area contributed by atoms with Crippen LogP contribution in [0.5, 0.6) is 0 Å². The number of benzene rings is 1. The van der Waals surface area contributed by atoms with Crippen LogP contribution in [0.3, 0.4) is 0 Å². The Morgan fingerprint density at radius 1 is 1.04 bits per heavy atom. The van der Waals surface area contributed by atoms with Gasteiger partial charge in [-0.1, -0.05) is 24.3 Å². The van der Waals surface area contributed by atoms with Crippen molar-refractivity contribution in [3.63, 3.8) is 0 Å². The Labute approximate surface area is 158 Å². The highest BCUT2D eigenvalue weighted by atomic mass is 32.2. The maximum absolute atomic E-state index is 12.5. The second-order valence-corrected chi connectivity index (χ2v) is 7.89. The van der Waals surface area contributed by atoms with E-state index >= 15 is 0 Å². The standard InChI is InChI=1S/C18H14F3N3O3S/c19-18(20,21)13-5-6-15(24-11-13)28(26,27)10-9-23-17(25)16-14-4-2-1-3-12(14)7-8-22-16/h1-8,11H,9-10H2,(H,23,25). The number of carbonyl (C=O) groups excluding carboxylic acids is 1. The van der Waals surface area contributed by atoms with Gasteiger partial charge in [-0.25, -0.2) is 13.4 Å². The number of nitrogens with one attached hydrogen (secondary N) is 1. The van der Waals surface area contributed by atoms with Crippen LogP contribution in [0.4, 0.5) is 13.2 Å². The van der Waals surface area contributed by atoms with Crippen LogP contribution in [0.25, 0.3) is 10.8 Å². The van der Waals surface area contributed by atoms with Crippen molar-refractivity contribution in [3.05, 3.63) is 66.1 Å². The molecule has 1 aromatic carbocycles. The lowest BCUT2D eigenvalue weighted by atomic mass is 10.1. The molecule has 0 unspecified atom stereocenters. The van der Waals surface area contributed by atoms with Crippen LogP contribution < -0.4 is 5.32 Å². The van der Waals surface area contributed by atoms with Crippen molar-refractivity contribution >= 4 is 26.5 Å². The second-order valence-electron chi connectivity index (χ2n) is 5.84. The van der Waals surface area contributed by atoms with E-state index in [2.05, 4.69) is 15.3 Å². The van der Waals surface area contributed by atoms with Gasteiger partial charge in [-0.2, -0.15) is 13.2 Å². The Hall–Kier alpha value is -3.01. The summed E-state index contributed by atoms with van der Waals surface area (Å²) in [7, 11) is -3.96. The molecule has 28 heavy (non-hydrogen) atoms. The van der Waals surface area contributed by atoms with Gasteiger partial charge in [0, 0.05) is 24.3 Å². The fourth-order valence-electron chi connectivity index (χ4n) is 2.52. The molecule has 0 saturated heterocycles. The van der Waals surface area contributed by atoms with E-state index in [9.17, 15) is 26.4 Å². The molecule has 0 aliphatic carbocycles. The molecule has 0 spiro atoms. The molecular weight excluding hydrogens is 395 g/mol. The number of halogens is 3. The number of pyridine rings is 2. The minimum absolute atomic E-state index is 0.156. The number of nitrogens with zero attached hydrogens (tertiary/aromatic N) is 2. The molecule has 3 aromatic rings. The van der Waals surface area contributed by atoms with Gasteiger partial charge in [0.1, 0.15) is 5.69 Å². The van der Waals surface area contributed by atoms with Crippen LogP contribution in [-0.2, 0) is 16.0 Å². The lowest BCUT2D eigenvalue weighted by Gasteiger charge is -2.09. The van der Waals surface area contributed by atoms with E-state index in [1.54, 1.807) is 18.2 Å². The molecule has 0 radical (unpaired) electrons. The molecule has 0 aliphatic rings. The van der Waals surface area contributed by atoms with Gasteiger partial charge in [0.05, 0.1) is 11.3 Å². The molecule has 0 bridgehead atoms. The maximum Gasteiger partial charge on any atom is 0.417 e. The van der Waals surface area contributed by atoms with Gasteiger partial charge in [0.15, 0.2) is 14.9 Å². The summed E-state index contributed by atoms with van der Waals surface area (Å²) in [5.74, 6) is -1.06. The van der Waals surface area contributed by atoms with E-state index in [1.807, 2.05) is 12.1 Å². The van der Waals surface area contributed by atoms with Crippen molar-refractivity contribution in [2.24, 2.45) is 0 Å². The van der Waals surface area contributed by atoms with E-state index in [4.69, 9.17) is 0 Å². The van der Waals surface area contributed by atoms with Crippen LogP contribution in [0.2, 0.25) is 0 Å². The van der Waals surface area contributed by atoms with Gasteiger partial charge < -0.3 is 5.32 Å². The normalized spacial score (nSPS) is 12.1. The van der Waals surface area contributed by atoms with Gasteiger partial charge in [0.2, 0.25) is 0 Å². The average molecular weight is 409 g/mol. The molecule has 2 aromatic heterocycles. The molecule has 10 heteroatoms. The van der Waals surface area contributed by atoms with Crippen LogP contribution >= 0.6 is 0 Å². The molecule has 1 amide bonds. The zero-order valence-corrected chi connectivity index (χ0v) is 15.1. The Morgan fingerprint density at radius 2 is 1.79 bits per heavy atom. The summed E-state index contributed by atoms with van der Waals surface area (Å²) in [6.45, 7) is -0.241. The molecular formula is C18H14F3N3O3S. The fourth-order valence-corrected chi connectivity index (χ4v) is 3.59. The number of rotatable bonds is 5. The summed E-state index contributed by atoms with van der Waals surface area (Å²) in [6.07, 6.45) is -2.67. The maximum atomic E-state index is 12.5. The summed E-state index contributed by atoms with van der Waals surface area (Å²) < 4.78 is 62.0. The third-order valence-corrected chi connectivity index (χ3v) is 5.55. The minimum atomic E-state index is -4.60.